The van der Waals surface area contributed by atoms with Gasteiger partial charge < -0.3 is 20.3 Å². The first-order valence-electron chi connectivity index (χ1n) is 12.7. The summed E-state index contributed by atoms with van der Waals surface area (Å²) in [4.78, 5) is 40.6. The molecule has 3 N–H and O–H groups in total. The molecule has 1 aliphatic heterocycles. The summed E-state index contributed by atoms with van der Waals surface area (Å²) in [5.74, 6) is 0.378. The molecule has 0 saturated carbocycles. The van der Waals surface area contributed by atoms with Gasteiger partial charge >= 0.3 is 13.5 Å². The fourth-order valence-corrected chi connectivity index (χ4v) is 6.56. The monoisotopic (exact) mass is 703 g/mol. The highest BCUT2D eigenvalue weighted by Gasteiger charge is 2.47. The molecule has 1 fully saturated rings. The number of hydrogen-bond acceptors (Lipinski definition) is 14. The number of thioether (sulfide) groups is 2. The minimum absolute atomic E-state index is 0.0152. The molecule has 13 nitrogen and oxygen atoms in total. The van der Waals surface area contributed by atoms with Crippen LogP contribution in [0.25, 0.3) is 0 Å². The number of aromatic nitrogens is 2. The number of hydrogen-bond donors (Lipinski definition) is 2. The number of anilines is 1. The van der Waals surface area contributed by atoms with Gasteiger partial charge in [0.25, 0.3) is 0 Å². The summed E-state index contributed by atoms with van der Waals surface area (Å²) in [5.41, 5.74) is 3.83. The number of carbonyl (C=O) groups excluding carboxylic acids is 2. The zero-order chi connectivity index (χ0) is 31.2. The first-order valence-corrected chi connectivity index (χ1v) is 16.9. The quantitative estimate of drug-likeness (QED) is 0.225. The van der Waals surface area contributed by atoms with E-state index in [9.17, 15) is 24.1 Å². The zero-order valence-electron chi connectivity index (χ0n) is 24.2. The number of nitrogens with zero attached hydrogens (tertiary/aromatic N) is 2. The Morgan fingerprint density at radius 2 is 1.61 bits per heavy atom. The number of phosphoric ester groups is 1. The van der Waals surface area contributed by atoms with E-state index in [-0.39, 0.29) is 40.8 Å². The highest BCUT2D eigenvalue weighted by Crippen LogP contribution is 2.50. The molecule has 0 radical (unpaired) electrons. The molecule has 2 rings (SSSR count). The summed E-state index contributed by atoms with van der Waals surface area (Å²) in [6, 6.07) is 0. The molecule has 1 unspecified atom stereocenters. The Balaban J connectivity index is 2.10. The predicted octanol–water partition coefficient (Wildman–Crippen LogP) is 3.63. The molecule has 17 heteroatoms. The topological polar surface area (TPSA) is 178 Å². The molecule has 0 aromatic carbocycles. The maximum Gasteiger partial charge on any atom is 0.474 e. The predicted molar refractivity (Wildman–Crippen MR) is 161 cm³/mol. The lowest BCUT2D eigenvalue weighted by atomic mass is 9.99. The van der Waals surface area contributed by atoms with E-state index in [0.29, 0.717) is 4.47 Å². The number of nitrogens with two attached hydrogens (primary N) is 1. The summed E-state index contributed by atoms with van der Waals surface area (Å²) in [5, 5.41) is 10.7. The van der Waals surface area contributed by atoms with E-state index < -0.39 is 55.5 Å². The smallest absolute Gasteiger partial charge is 0.387 e. The molecule has 0 spiro atoms. The molecule has 1 aromatic heterocycles. The fourth-order valence-electron chi connectivity index (χ4n) is 3.25. The first-order chi connectivity index (χ1) is 18.9. The van der Waals surface area contributed by atoms with Crippen LogP contribution in [0.5, 0.6) is 0 Å². The van der Waals surface area contributed by atoms with Crippen LogP contribution in [0.1, 0.15) is 47.8 Å². The minimum atomic E-state index is -4.23. The molecule has 1 aromatic rings. The molecular formula is C24H39BrN3O10PS2. The van der Waals surface area contributed by atoms with E-state index in [0.717, 1.165) is 28.1 Å². The van der Waals surface area contributed by atoms with Gasteiger partial charge in [-0.15, -0.1) is 0 Å². The van der Waals surface area contributed by atoms with Gasteiger partial charge in [-0.25, -0.2) is 9.36 Å². The van der Waals surface area contributed by atoms with Crippen LogP contribution in [0.4, 0.5) is 5.82 Å². The normalized spacial score (nSPS) is 21.8. The second-order valence-corrected chi connectivity index (χ2v) is 15.8. The van der Waals surface area contributed by atoms with E-state index in [1.807, 2.05) is 0 Å². The average molecular weight is 705 g/mol. The van der Waals surface area contributed by atoms with E-state index in [1.165, 1.54) is 13.3 Å². The maximum atomic E-state index is 13.5. The first kappa shape index (κ1) is 36.4. The second kappa shape index (κ2) is 15.3. The molecule has 234 valence electrons. The highest BCUT2D eigenvalue weighted by molar-refractivity contribution is 9.10. The third-order valence-corrected chi connectivity index (χ3v) is 10.1. The number of ether oxygens (including phenoxy) is 2. The number of aliphatic hydroxyl groups is 1. The molecule has 1 saturated heterocycles. The molecule has 1 aliphatic rings. The summed E-state index contributed by atoms with van der Waals surface area (Å²) < 4.78 is 42.6. The van der Waals surface area contributed by atoms with E-state index in [1.54, 1.807) is 41.5 Å². The Morgan fingerprint density at radius 1 is 1.10 bits per heavy atom. The van der Waals surface area contributed by atoms with Crippen molar-refractivity contribution in [2.45, 2.75) is 66.1 Å². The number of methoxy groups -OCH3 is 1. The van der Waals surface area contributed by atoms with E-state index >= 15 is 0 Å². The SMILES string of the molecule is CO[C@H]1C(n2cc(Br)c(N)nc2=O)O[C@H](COP(=O)(OCCSC(=O)C(C)(C)C)OCCSC(=O)C(C)(C)C)[C@H]1O. The van der Waals surface area contributed by atoms with Crippen molar-refractivity contribution < 1.29 is 42.3 Å². The van der Waals surface area contributed by atoms with Gasteiger partial charge in [-0.05, 0) is 15.9 Å². The zero-order valence-corrected chi connectivity index (χ0v) is 28.3. The number of carbonyl (C=O) groups is 2. The van der Waals surface area contributed by atoms with Crippen LogP contribution in [0.3, 0.4) is 0 Å². The summed E-state index contributed by atoms with van der Waals surface area (Å²) in [6.45, 7) is 10.0. The van der Waals surface area contributed by atoms with Crippen molar-refractivity contribution in [2.24, 2.45) is 10.8 Å². The van der Waals surface area contributed by atoms with E-state index in [4.69, 9.17) is 28.8 Å². The van der Waals surface area contributed by atoms with Gasteiger partial charge in [-0.1, -0.05) is 65.1 Å². The van der Waals surface area contributed by atoms with Crippen molar-refractivity contribution in [3.05, 3.63) is 21.2 Å². The third kappa shape index (κ3) is 10.7. The molecule has 0 aliphatic carbocycles. The minimum Gasteiger partial charge on any atom is -0.387 e. The molecule has 0 amide bonds. The molecular weight excluding hydrogens is 665 g/mol. The Labute approximate surface area is 256 Å². The maximum absolute atomic E-state index is 13.5. The van der Waals surface area contributed by atoms with Gasteiger partial charge in [-0.3, -0.25) is 27.7 Å². The third-order valence-electron chi connectivity index (χ3n) is 5.55. The van der Waals surface area contributed by atoms with Gasteiger partial charge in [0.1, 0.15) is 24.1 Å². The van der Waals surface area contributed by atoms with Crippen molar-refractivity contribution in [3.63, 3.8) is 0 Å². The number of aliphatic hydroxyl groups excluding tert-OH is 1. The van der Waals surface area contributed by atoms with Crippen LogP contribution in [0, 0.1) is 10.8 Å². The van der Waals surface area contributed by atoms with Crippen LogP contribution in [0.2, 0.25) is 0 Å². The average Bonchev–Trinajstić information content (AvgIpc) is 3.19. The molecule has 4 atom stereocenters. The van der Waals surface area contributed by atoms with Crippen LogP contribution in [0.15, 0.2) is 15.5 Å². The largest absolute Gasteiger partial charge is 0.474 e. The fraction of sp³-hybridized carbons (Fsp3) is 0.750. The lowest BCUT2D eigenvalue weighted by molar-refractivity contribution is -0.118. The Hall–Kier alpha value is -0.810. The summed E-state index contributed by atoms with van der Waals surface area (Å²) in [7, 11) is -2.89. The molecule has 2 heterocycles. The Bertz CT molecular complexity index is 1140. The Kier molecular flexibility index (Phi) is 13.5. The van der Waals surface area contributed by atoms with Crippen molar-refractivity contribution >= 4 is 63.3 Å². The number of nitrogen functional groups attached to an aromatic ring is 1. The van der Waals surface area contributed by atoms with Gasteiger partial charge in [-0.2, -0.15) is 4.98 Å². The van der Waals surface area contributed by atoms with Gasteiger partial charge in [0.05, 0.1) is 24.3 Å². The number of phosphoric acid groups is 1. The summed E-state index contributed by atoms with van der Waals surface area (Å²) in [6.07, 6.45) is -3.12. The molecule has 0 bridgehead atoms. The Morgan fingerprint density at radius 3 is 2.07 bits per heavy atom. The van der Waals surface area contributed by atoms with Crippen LogP contribution in [-0.2, 0) is 37.2 Å². The highest BCUT2D eigenvalue weighted by atomic mass is 79.9. The molecule has 41 heavy (non-hydrogen) atoms. The number of halogens is 1. The van der Waals surface area contributed by atoms with Gasteiger partial charge in [0, 0.05) is 35.6 Å². The summed E-state index contributed by atoms with van der Waals surface area (Å²) >= 11 is 5.27. The van der Waals surface area contributed by atoms with Crippen molar-refractivity contribution in [1.82, 2.24) is 9.55 Å². The van der Waals surface area contributed by atoms with E-state index in [2.05, 4.69) is 20.9 Å². The van der Waals surface area contributed by atoms with Crippen molar-refractivity contribution in [2.75, 3.05) is 44.2 Å². The second-order valence-electron chi connectivity index (χ2n) is 11.1. The lowest BCUT2D eigenvalue weighted by Gasteiger charge is -2.22. The van der Waals surface area contributed by atoms with Gasteiger partial charge in [0.2, 0.25) is 0 Å². The van der Waals surface area contributed by atoms with Crippen LogP contribution >= 0.6 is 47.3 Å². The lowest BCUT2D eigenvalue weighted by Crippen LogP contribution is -2.37. The van der Waals surface area contributed by atoms with Crippen LogP contribution in [-0.4, -0.2) is 81.6 Å². The van der Waals surface area contributed by atoms with Crippen molar-refractivity contribution in [1.29, 1.82) is 0 Å². The van der Waals surface area contributed by atoms with Gasteiger partial charge in [0.15, 0.2) is 16.5 Å². The number of rotatable bonds is 13. The van der Waals surface area contributed by atoms with Crippen molar-refractivity contribution in [3.8, 4) is 0 Å². The van der Waals surface area contributed by atoms with Crippen LogP contribution < -0.4 is 11.4 Å². The standard InChI is InChI=1S/C24H39BrN3O10PS2/c1-23(2,3)20(30)40-10-8-35-39(33,36-9-11-41-21(31)24(4,5)6)37-13-15-16(29)17(34-7)19(38-15)28-12-14(25)18(26)27-22(28)32/h12,15-17,19,29H,8-11,13H2,1-7H3,(H2,26,27,32)/t15-,16-,17-,19?/m1/s1.